The highest BCUT2D eigenvalue weighted by atomic mass is 16.5. The number of carbonyl (C=O) groups excluding carboxylic acids is 1. The molecule has 1 amide bonds. The molecular formula is C19H23N3O5. The molecule has 0 unspecified atom stereocenters. The number of morpholine rings is 1. The molecule has 8 heteroatoms. The normalized spacial score (nSPS) is 23.5. The van der Waals surface area contributed by atoms with Crippen LogP contribution in [0.4, 0.5) is 5.82 Å². The van der Waals surface area contributed by atoms with Gasteiger partial charge in [0, 0.05) is 31.7 Å². The fourth-order valence-corrected chi connectivity index (χ4v) is 3.51. The van der Waals surface area contributed by atoms with Crippen molar-refractivity contribution < 1.29 is 24.3 Å². The zero-order valence-electron chi connectivity index (χ0n) is 15.0. The smallest absolute Gasteiger partial charge is 0.261 e. The molecule has 1 aromatic heterocycles. The van der Waals surface area contributed by atoms with Gasteiger partial charge in [0.15, 0.2) is 11.6 Å². The standard InChI is InChI=1S/C19H23N3O5/c23-14-6-7-22(12-15(14)24)19(25)16-17(13-4-2-1-3-5-13)27-20-18(16)21-8-10-26-11-9-21/h1-5,14-15,23-24H,6-12H2/t14-,15+/m0/s1. The van der Waals surface area contributed by atoms with Crippen LogP contribution in [-0.2, 0) is 4.74 Å². The lowest BCUT2D eigenvalue weighted by atomic mass is 10.0. The Hall–Kier alpha value is -2.42. The zero-order valence-corrected chi connectivity index (χ0v) is 15.0. The Morgan fingerprint density at radius 3 is 2.52 bits per heavy atom. The number of aliphatic hydroxyl groups excluding tert-OH is 2. The van der Waals surface area contributed by atoms with Crippen molar-refractivity contribution in [1.29, 1.82) is 0 Å². The van der Waals surface area contributed by atoms with E-state index in [0.29, 0.717) is 56.4 Å². The van der Waals surface area contributed by atoms with Gasteiger partial charge in [-0.05, 0) is 6.42 Å². The van der Waals surface area contributed by atoms with Crippen LogP contribution in [0.5, 0.6) is 0 Å². The van der Waals surface area contributed by atoms with Gasteiger partial charge in [-0.1, -0.05) is 35.5 Å². The molecule has 144 valence electrons. The van der Waals surface area contributed by atoms with E-state index in [1.54, 1.807) is 4.90 Å². The van der Waals surface area contributed by atoms with E-state index in [1.165, 1.54) is 0 Å². The molecule has 2 aliphatic heterocycles. The number of piperidine rings is 1. The lowest BCUT2D eigenvalue weighted by molar-refractivity contribution is -0.0321. The van der Waals surface area contributed by atoms with Crippen molar-refractivity contribution in [3.05, 3.63) is 35.9 Å². The van der Waals surface area contributed by atoms with Gasteiger partial charge in [-0.15, -0.1) is 0 Å². The molecule has 2 fully saturated rings. The Morgan fingerprint density at radius 1 is 1.07 bits per heavy atom. The first kappa shape index (κ1) is 18.0. The second-order valence-corrected chi connectivity index (χ2v) is 6.85. The predicted molar refractivity (Wildman–Crippen MR) is 97.5 cm³/mol. The molecule has 2 aromatic rings. The summed E-state index contributed by atoms with van der Waals surface area (Å²) in [6.45, 7) is 2.84. The third-order valence-corrected chi connectivity index (χ3v) is 5.07. The van der Waals surface area contributed by atoms with E-state index in [4.69, 9.17) is 9.26 Å². The van der Waals surface area contributed by atoms with Crippen molar-refractivity contribution in [3.63, 3.8) is 0 Å². The van der Waals surface area contributed by atoms with Crippen molar-refractivity contribution >= 4 is 11.7 Å². The maximum atomic E-state index is 13.3. The number of amides is 1. The highest BCUT2D eigenvalue weighted by Gasteiger charge is 2.35. The predicted octanol–water partition coefficient (Wildman–Crippen LogP) is 0.746. The third kappa shape index (κ3) is 3.55. The largest absolute Gasteiger partial charge is 0.390 e. The molecule has 8 nitrogen and oxygen atoms in total. The van der Waals surface area contributed by atoms with Crippen molar-refractivity contribution in [2.45, 2.75) is 18.6 Å². The first-order valence-electron chi connectivity index (χ1n) is 9.18. The van der Waals surface area contributed by atoms with E-state index in [-0.39, 0.29) is 12.5 Å². The average molecular weight is 373 g/mol. The second kappa shape index (κ2) is 7.67. The first-order chi connectivity index (χ1) is 13.1. The fraction of sp³-hybridized carbons (Fsp3) is 0.474. The summed E-state index contributed by atoms with van der Waals surface area (Å²) < 4.78 is 11.0. The first-order valence-corrected chi connectivity index (χ1v) is 9.18. The number of benzene rings is 1. The summed E-state index contributed by atoms with van der Waals surface area (Å²) in [6, 6.07) is 9.39. The van der Waals surface area contributed by atoms with Gasteiger partial charge in [-0.25, -0.2) is 0 Å². The maximum absolute atomic E-state index is 13.3. The van der Waals surface area contributed by atoms with Crippen LogP contribution in [0.25, 0.3) is 11.3 Å². The van der Waals surface area contributed by atoms with Crippen LogP contribution < -0.4 is 4.90 Å². The molecule has 3 heterocycles. The summed E-state index contributed by atoms with van der Waals surface area (Å²) in [5.41, 5.74) is 1.16. The second-order valence-electron chi connectivity index (χ2n) is 6.85. The van der Waals surface area contributed by atoms with Gasteiger partial charge in [0.05, 0.1) is 25.4 Å². The van der Waals surface area contributed by atoms with Crippen molar-refractivity contribution in [2.75, 3.05) is 44.3 Å². The molecule has 27 heavy (non-hydrogen) atoms. The minimum Gasteiger partial charge on any atom is -0.390 e. The maximum Gasteiger partial charge on any atom is 0.261 e. The van der Waals surface area contributed by atoms with E-state index in [9.17, 15) is 15.0 Å². The minimum absolute atomic E-state index is 0.0853. The Bertz CT molecular complexity index is 788. The van der Waals surface area contributed by atoms with Crippen LogP contribution in [-0.4, -0.2) is 77.8 Å². The third-order valence-electron chi connectivity index (χ3n) is 5.07. The van der Waals surface area contributed by atoms with Crippen LogP contribution >= 0.6 is 0 Å². The number of nitrogens with zero attached hydrogens (tertiary/aromatic N) is 3. The summed E-state index contributed by atoms with van der Waals surface area (Å²) in [5, 5.41) is 23.9. The number of hydrogen-bond donors (Lipinski definition) is 2. The van der Waals surface area contributed by atoms with Crippen LogP contribution in [0.3, 0.4) is 0 Å². The van der Waals surface area contributed by atoms with Crippen LogP contribution in [0.1, 0.15) is 16.8 Å². The van der Waals surface area contributed by atoms with Gasteiger partial charge in [-0.3, -0.25) is 4.79 Å². The topological polar surface area (TPSA) is 99.3 Å². The molecule has 2 atom stereocenters. The number of aliphatic hydroxyl groups is 2. The molecule has 1 aromatic carbocycles. The van der Waals surface area contributed by atoms with Crippen molar-refractivity contribution in [1.82, 2.24) is 10.1 Å². The summed E-state index contributed by atoms with van der Waals surface area (Å²) >= 11 is 0. The number of ether oxygens (including phenoxy) is 1. The number of likely N-dealkylation sites (tertiary alicyclic amines) is 1. The fourth-order valence-electron chi connectivity index (χ4n) is 3.51. The molecule has 2 saturated heterocycles. The van der Waals surface area contributed by atoms with Gasteiger partial charge in [0.2, 0.25) is 0 Å². The SMILES string of the molecule is O=C(c1c(N2CCOCC2)noc1-c1ccccc1)N1CC[C@H](O)[C@H](O)C1. The lowest BCUT2D eigenvalue weighted by Crippen LogP contribution is -2.49. The molecule has 0 spiro atoms. The van der Waals surface area contributed by atoms with E-state index in [2.05, 4.69) is 5.16 Å². The van der Waals surface area contributed by atoms with Crippen LogP contribution in [0.15, 0.2) is 34.9 Å². The lowest BCUT2D eigenvalue weighted by Gasteiger charge is -2.34. The Morgan fingerprint density at radius 2 is 1.81 bits per heavy atom. The van der Waals surface area contributed by atoms with Crippen molar-refractivity contribution in [3.8, 4) is 11.3 Å². The average Bonchev–Trinajstić information content (AvgIpc) is 3.16. The molecule has 2 aliphatic rings. The van der Waals surface area contributed by atoms with E-state index in [1.807, 2.05) is 35.2 Å². The Labute approximate surface area is 156 Å². The highest BCUT2D eigenvalue weighted by Crippen LogP contribution is 2.33. The van der Waals surface area contributed by atoms with Gasteiger partial charge in [0.25, 0.3) is 5.91 Å². The monoisotopic (exact) mass is 373 g/mol. The van der Waals surface area contributed by atoms with E-state index < -0.39 is 12.2 Å². The number of rotatable bonds is 3. The van der Waals surface area contributed by atoms with Crippen LogP contribution in [0.2, 0.25) is 0 Å². The summed E-state index contributed by atoms with van der Waals surface area (Å²) in [6.07, 6.45) is -1.41. The molecule has 2 N–H and O–H groups in total. The van der Waals surface area contributed by atoms with Crippen LogP contribution in [0, 0.1) is 0 Å². The van der Waals surface area contributed by atoms with E-state index >= 15 is 0 Å². The summed E-state index contributed by atoms with van der Waals surface area (Å²) in [7, 11) is 0. The summed E-state index contributed by atoms with van der Waals surface area (Å²) in [5.74, 6) is 0.674. The molecule has 0 aliphatic carbocycles. The van der Waals surface area contributed by atoms with Crippen molar-refractivity contribution in [2.24, 2.45) is 0 Å². The molecular weight excluding hydrogens is 350 g/mol. The molecule has 0 bridgehead atoms. The Kier molecular flexibility index (Phi) is 5.11. The zero-order chi connectivity index (χ0) is 18.8. The van der Waals surface area contributed by atoms with Gasteiger partial charge in [-0.2, -0.15) is 0 Å². The highest BCUT2D eigenvalue weighted by molar-refractivity contribution is 6.04. The number of β-amino-alcohol motifs (C(OH)–C–C–N with tert-alkyl or cyclic N) is 1. The quantitative estimate of drug-likeness (QED) is 0.819. The van der Waals surface area contributed by atoms with Gasteiger partial charge >= 0.3 is 0 Å². The number of anilines is 1. The number of hydrogen-bond acceptors (Lipinski definition) is 7. The van der Waals surface area contributed by atoms with Gasteiger partial charge < -0.3 is 29.3 Å². The number of aromatic nitrogens is 1. The van der Waals surface area contributed by atoms with Gasteiger partial charge in [0.1, 0.15) is 5.56 Å². The minimum atomic E-state index is -0.949. The number of carbonyl (C=O) groups is 1. The molecule has 0 radical (unpaired) electrons. The molecule has 4 rings (SSSR count). The summed E-state index contributed by atoms with van der Waals surface area (Å²) in [4.78, 5) is 16.9. The Balaban J connectivity index is 1.71. The van der Waals surface area contributed by atoms with E-state index in [0.717, 1.165) is 5.56 Å². The molecule has 0 saturated carbocycles.